The van der Waals surface area contributed by atoms with Crippen LogP contribution in [-0.2, 0) is 4.79 Å². The first kappa shape index (κ1) is 14.5. The molecule has 0 saturated carbocycles. The number of aldehydes is 1. The van der Waals surface area contributed by atoms with Crippen molar-refractivity contribution in [1.82, 2.24) is 4.90 Å². The predicted octanol–water partition coefficient (Wildman–Crippen LogP) is 2.07. The van der Waals surface area contributed by atoms with Crippen molar-refractivity contribution >= 4 is 29.5 Å². The van der Waals surface area contributed by atoms with E-state index in [1.54, 1.807) is 32.3 Å². The van der Waals surface area contributed by atoms with Gasteiger partial charge in [0.05, 0.1) is 6.54 Å². The molecule has 0 bridgehead atoms. The summed E-state index contributed by atoms with van der Waals surface area (Å²) in [4.78, 5) is 26.1. The van der Waals surface area contributed by atoms with E-state index in [1.165, 1.54) is 4.90 Å². The molecule has 0 saturated heterocycles. The second-order valence-electron chi connectivity index (χ2n) is 4.12. The maximum Gasteiger partial charge on any atom is 0.241 e. The van der Waals surface area contributed by atoms with Gasteiger partial charge in [0.15, 0.2) is 6.29 Å². The Labute approximate surface area is 112 Å². The second-order valence-corrected chi connectivity index (χ2v) is 4.56. The third-order valence-electron chi connectivity index (χ3n) is 2.67. The zero-order chi connectivity index (χ0) is 13.7. The average molecular weight is 269 g/mol. The first-order valence-corrected chi connectivity index (χ1v) is 6.07. The van der Waals surface area contributed by atoms with Gasteiger partial charge in [0.2, 0.25) is 5.91 Å². The molecule has 1 rings (SSSR count). The standard InChI is InChI=1S/C13H17ClN2O2/c1-4-16(8-13(18)15(2)3)12-7-11(14)6-5-10(12)9-17/h5-7,9H,4,8H2,1-3H3. The third kappa shape index (κ3) is 3.47. The minimum atomic E-state index is -0.0197. The van der Waals surface area contributed by atoms with Crippen molar-refractivity contribution in [1.29, 1.82) is 0 Å². The lowest BCUT2D eigenvalue weighted by atomic mass is 10.1. The Bertz CT molecular complexity index is 447. The molecule has 0 aliphatic carbocycles. The first-order valence-electron chi connectivity index (χ1n) is 5.69. The van der Waals surface area contributed by atoms with Gasteiger partial charge in [0.1, 0.15) is 0 Å². The molecule has 0 fully saturated rings. The van der Waals surface area contributed by atoms with E-state index < -0.39 is 0 Å². The quantitative estimate of drug-likeness (QED) is 0.768. The highest BCUT2D eigenvalue weighted by Gasteiger charge is 2.14. The van der Waals surface area contributed by atoms with Crippen LogP contribution in [0.2, 0.25) is 5.02 Å². The van der Waals surface area contributed by atoms with Crippen LogP contribution in [0.5, 0.6) is 0 Å². The lowest BCUT2D eigenvalue weighted by Crippen LogP contribution is -2.37. The van der Waals surface area contributed by atoms with E-state index in [1.807, 2.05) is 11.8 Å². The van der Waals surface area contributed by atoms with Gasteiger partial charge in [-0.2, -0.15) is 0 Å². The number of halogens is 1. The number of likely N-dealkylation sites (N-methyl/N-ethyl adjacent to an activating group) is 2. The van der Waals surface area contributed by atoms with Gasteiger partial charge < -0.3 is 9.80 Å². The van der Waals surface area contributed by atoms with Crippen LogP contribution in [0.3, 0.4) is 0 Å². The fourth-order valence-electron chi connectivity index (χ4n) is 1.56. The molecule has 1 aromatic carbocycles. The zero-order valence-electron chi connectivity index (χ0n) is 10.8. The summed E-state index contributed by atoms with van der Waals surface area (Å²) in [6, 6.07) is 5.03. The molecule has 0 radical (unpaired) electrons. The van der Waals surface area contributed by atoms with Crippen LogP contribution in [-0.4, -0.2) is 44.3 Å². The summed E-state index contributed by atoms with van der Waals surface area (Å²) < 4.78 is 0. The van der Waals surface area contributed by atoms with Crippen LogP contribution in [0.25, 0.3) is 0 Å². The summed E-state index contributed by atoms with van der Waals surface area (Å²) in [5.41, 5.74) is 1.23. The van der Waals surface area contributed by atoms with E-state index in [-0.39, 0.29) is 12.5 Å². The highest BCUT2D eigenvalue weighted by Crippen LogP contribution is 2.23. The van der Waals surface area contributed by atoms with Gasteiger partial charge in [-0.15, -0.1) is 0 Å². The highest BCUT2D eigenvalue weighted by molar-refractivity contribution is 6.31. The molecule has 0 spiro atoms. The maximum atomic E-state index is 11.7. The summed E-state index contributed by atoms with van der Waals surface area (Å²) >= 11 is 5.94. The average Bonchev–Trinajstić information content (AvgIpc) is 2.35. The van der Waals surface area contributed by atoms with Crippen molar-refractivity contribution in [3.05, 3.63) is 28.8 Å². The normalized spacial score (nSPS) is 10.0. The Morgan fingerprint density at radius 3 is 2.56 bits per heavy atom. The van der Waals surface area contributed by atoms with Crippen LogP contribution in [0.4, 0.5) is 5.69 Å². The van der Waals surface area contributed by atoms with Crippen molar-refractivity contribution < 1.29 is 9.59 Å². The molecule has 1 amide bonds. The zero-order valence-corrected chi connectivity index (χ0v) is 11.6. The van der Waals surface area contributed by atoms with E-state index in [0.29, 0.717) is 22.8 Å². The van der Waals surface area contributed by atoms with Crippen molar-refractivity contribution in [2.24, 2.45) is 0 Å². The number of carbonyl (C=O) groups excluding carboxylic acids is 2. The Morgan fingerprint density at radius 1 is 1.39 bits per heavy atom. The van der Waals surface area contributed by atoms with Gasteiger partial charge in [-0.25, -0.2) is 0 Å². The molecular formula is C13H17ClN2O2. The van der Waals surface area contributed by atoms with E-state index in [2.05, 4.69) is 0 Å². The molecule has 0 heterocycles. The molecule has 0 aromatic heterocycles. The van der Waals surface area contributed by atoms with Gasteiger partial charge >= 0.3 is 0 Å². The molecule has 5 heteroatoms. The summed E-state index contributed by atoms with van der Waals surface area (Å²) in [5.74, 6) is -0.0197. The van der Waals surface area contributed by atoms with Crippen LogP contribution in [0.1, 0.15) is 17.3 Å². The Hall–Kier alpha value is -1.55. The number of hydrogen-bond acceptors (Lipinski definition) is 3. The molecular weight excluding hydrogens is 252 g/mol. The minimum absolute atomic E-state index is 0.0197. The van der Waals surface area contributed by atoms with E-state index >= 15 is 0 Å². The van der Waals surface area contributed by atoms with Crippen molar-refractivity contribution in [3.63, 3.8) is 0 Å². The fraction of sp³-hybridized carbons (Fsp3) is 0.385. The number of benzene rings is 1. The van der Waals surface area contributed by atoms with Gasteiger partial charge in [-0.1, -0.05) is 11.6 Å². The molecule has 0 N–H and O–H groups in total. The van der Waals surface area contributed by atoms with Crippen LogP contribution < -0.4 is 4.90 Å². The summed E-state index contributed by atoms with van der Waals surface area (Å²) in [7, 11) is 3.41. The van der Waals surface area contributed by atoms with Gasteiger partial charge in [-0.05, 0) is 25.1 Å². The van der Waals surface area contributed by atoms with Crippen molar-refractivity contribution in [3.8, 4) is 0 Å². The van der Waals surface area contributed by atoms with Gasteiger partial charge in [0.25, 0.3) is 0 Å². The molecule has 0 aliphatic rings. The molecule has 0 unspecified atom stereocenters. The molecule has 98 valence electrons. The van der Waals surface area contributed by atoms with Gasteiger partial charge in [0, 0.05) is 36.9 Å². The lowest BCUT2D eigenvalue weighted by molar-refractivity contribution is -0.127. The number of rotatable bonds is 5. The van der Waals surface area contributed by atoms with Crippen LogP contribution in [0, 0.1) is 0 Å². The number of anilines is 1. The molecule has 18 heavy (non-hydrogen) atoms. The van der Waals surface area contributed by atoms with Crippen LogP contribution >= 0.6 is 11.6 Å². The van der Waals surface area contributed by atoms with Crippen molar-refractivity contribution in [2.75, 3.05) is 32.1 Å². The number of amides is 1. The first-order chi connectivity index (χ1) is 8.49. The monoisotopic (exact) mass is 268 g/mol. The predicted molar refractivity (Wildman–Crippen MR) is 73.4 cm³/mol. The maximum absolute atomic E-state index is 11.7. The molecule has 4 nitrogen and oxygen atoms in total. The number of hydrogen-bond donors (Lipinski definition) is 0. The Morgan fingerprint density at radius 2 is 2.06 bits per heavy atom. The highest BCUT2D eigenvalue weighted by atomic mass is 35.5. The van der Waals surface area contributed by atoms with E-state index in [0.717, 1.165) is 6.29 Å². The molecule has 0 aliphatic heterocycles. The number of nitrogens with zero attached hydrogens (tertiary/aromatic N) is 2. The summed E-state index contributed by atoms with van der Waals surface area (Å²) in [5, 5.41) is 0.548. The Kier molecular flexibility index (Phi) is 5.16. The smallest absolute Gasteiger partial charge is 0.241 e. The third-order valence-corrected chi connectivity index (χ3v) is 2.90. The second kappa shape index (κ2) is 6.40. The summed E-state index contributed by atoms with van der Waals surface area (Å²) in [6.07, 6.45) is 0.772. The largest absolute Gasteiger partial charge is 0.362 e. The molecule has 1 aromatic rings. The van der Waals surface area contributed by atoms with E-state index in [4.69, 9.17) is 11.6 Å². The minimum Gasteiger partial charge on any atom is -0.362 e. The van der Waals surface area contributed by atoms with Crippen molar-refractivity contribution in [2.45, 2.75) is 6.92 Å². The Balaban J connectivity index is 3.04. The summed E-state index contributed by atoms with van der Waals surface area (Å²) in [6.45, 7) is 2.78. The van der Waals surface area contributed by atoms with Gasteiger partial charge in [-0.3, -0.25) is 9.59 Å². The molecule has 0 atom stereocenters. The van der Waals surface area contributed by atoms with Crippen LogP contribution in [0.15, 0.2) is 18.2 Å². The topological polar surface area (TPSA) is 40.6 Å². The number of carbonyl (C=O) groups is 2. The van der Waals surface area contributed by atoms with E-state index in [9.17, 15) is 9.59 Å². The lowest BCUT2D eigenvalue weighted by Gasteiger charge is -2.25. The fourth-order valence-corrected chi connectivity index (χ4v) is 1.73. The SMILES string of the molecule is CCN(CC(=O)N(C)C)c1cc(Cl)ccc1C=O.